The maximum Gasteiger partial charge on any atom is 0.511 e. The van der Waals surface area contributed by atoms with E-state index in [4.69, 9.17) is 0 Å². The van der Waals surface area contributed by atoms with E-state index in [9.17, 15) is 21.6 Å². The molecule has 1 heterocycles. The lowest BCUT2D eigenvalue weighted by Crippen LogP contribution is -2.51. The van der Waals surface area contributed by atoms with Gasteiger partial charge in [0, 0.05) is 32.7 Å². The Hall–Kier alpha value is -1.03. The summed E-state index contributed by atoms with van der Waals surface area (Å²) in [5.74, 6) is 0.596. The number of nitrogens with one attached hydrogen (secondary N) is 2. The van der Waals surface area contributed by atoms with E-state index in [-0.39, 0.29) is 19.1 Å². The molecule has 2 N–H and O–H groups in total. The molecule has 10 heteroatoms. The number of guanidine groups is 1. The molecule has 23 heavy (non-hydrogen) atoms. The largest absolute Gasteiger partial charge is 0.511 e. The van der Waals surface area contributed by atoms with Crippen molar-refractivity contribution in [2.45, 2.75) is 50.6 Å². The van der Waals surface area contributed by atoms with Gasteiger partial charge in [0.05, 0.1) is 0 Å². The van der Waals surface area contributed by atoms with Crippen molar-refractivity contribution in [3.8, 4) is 0 Å². The fraction of sp³-hybridized carbons (Fsp3) is 0.923. The summed E-state index contributed by atoms with van der Waals surface area (Å²) in [6.45, 7) is 2.59. The number of nitrogens with zero attached hydrogens (tertiary/aromatic N) is 2. The van der Waals surface area contributed by atoms with Crippen molar-refractivity contribution in [3.63, 3.8) is 0 Å². The van der Waals surface area contributed by atoms with E-state index >= 15 is 0 Å². The fourth-order valence-electron chi connectivity index (χ4n) is 2.36. The fourth-order valence-corrected chi connectivity index (χ4v) is 3.34. The van der Waals surface area contributed by atoms with E-state index < -0.39 is 15.5 Å². The topological polar surface area (TPSA) is 73.8 Å². The summed E-state index contributed by atoms with van der Waals surface area (Å²) in [5, 5.41) is 6.27. The van der Waals surface area contributed by atoms with Crippen LogP contribution in [0.3, 0.4) is 0 Å². The number of sulfonamides is 1. The molecule has 0 atom stereocenters. The monoisotopic (exact) mass is 358 g/mol. The van der Waals surface area contributed by atoms with Gasteiger partial charge in [-0.25, -0.2) is 8.42 Å². The van der Waals surface area contributed by atoms with Gasteiger partial charge in [-0.1, -0.05) is 19.8 Å². The summed E-state index contributed by atoms with van der Waals surface area (Å²) in [6, 6.07) is -0.0907. The predicted molar refractivity (Wildman–Crippen MR) is 83.6 cm³/mol. The second-order valence-corrected chi connectivity index (χ2v) is 7.40. The van der Waals surface area contributed by atoms with E-state index in [0.717, 1.165) is 25.8 Å². The third-order valence-corrected chi connectivity index (χ3v) is 5.35. The van der Waals surface area contributed by atoms with Gasteiger partial charge in [0.25, 0.3) is 0 Å². The Kier molecular flexibility index (Phi) is 7.59. The molecule has 0 aliphatic carbocycles. The number of alkyl halides is 3. The highest BCUT2D eigenvalue weighted by atomic mass is 32.2. The Morgan fingerprint density at radius 1 is 1.26 bits per heavy atom. The zero-order chi connectivity index (χ0) is 17.5. The lowest BCUT2D eigenvalue weighted by molar-refractivity contribution is -0.0494. The summed E-state index contributed by atoms with van der Waals surface area (Å²) in [5.41, 5.74) is -5.23. The molecule has 1 rings (SSSR count). The van der Waals surface area contributed by atoms with Crippen molar-refractivity contribution >= 4 is 16.0 Å². The van der Waals surface area contributed by atoms with Crippen molar-refractivity contribution in [1.29, 1.82) is 0 Å². The van der Waals surface area contributed by atoms with Crippen LogP contribution in [-0.4, -0.2) is 56.9 Å². The molecule has 1 saturated heterocycles. The molecular formula is C13H25F3N4O2S. The average Bonchev–Trinajstić information content (AvgIpc) is 2.49. The van der Waals surface area contributed by atoms with Gasteiger partial charge in [-0.3, -0.25) is 4.99 Å². The number of aliphatic imine (C=N–C) groups is 1. The molecule has 0 aromatic carbocycles. The quantitative estimate of drug-likeness (QED) is 0.430. The van der Waals surface area contributed by atoms with Crippen LogP contribution in [-0.2, 0) is 10.0 Å². The summed E-state index contributed by atoms with van der Waals surface area (Å²) in [7, 11) is -3.59. The molecule has 1 aliphatic rings. The molecule has 0 unspecified atom stereocenters. The van der Waals surface area contributed by atoms with Gasteiger partial charge in [-0.15, -0.1) is 0 Å². The molecule has 0 bridgehead atoms. The number of rotatable bonds is 6. The normalized spacial score (nSPS) is 18.9. The van der Waals surface area contributed by atoms with E-state index in [0.29, 0.717) is 23.1 Å². The van der Waals surface area contributed by atoms with E-state index in [1.165, 1.54) is 0 Å². The Balaban J connectivity index is 2.44. The zero-order valence-electron chi connectivity index (χ0n) is 13.5. The Morgan fingerprint density at radius 2 is 1.87 bits per heavy atom. The molecular weight excluding hydrogens is 333 g/mol. The summed E-state index contributed by atoms with van der Waals surface area (Å²) in [4.78, 5) is 4.07. The number of hydrogen-bond donors (Lipinski definition) is 2. The first kappa shape index (κ1) is 20.0. The summed E-state index contributed by atoms with van der Waals surface area (Å²) >= 11 is 0. The standard InChI is InChI=1S/C13H25F3N4O2S/c1-3-4-5-8-18-12(17-2)19-11-6-9-20(10-7-11)23(21,22)13(14,15)16/h11H,3-10H2,1-2H3,(H2,17,18,19). The van der Waals surface area contributed by atoms with Crippen LogP contribution >= 0.6 is 0 Å². The van der Waals surface area contributed by atoms with Gasteiger partial charge in [-0.2, -0.15) is 17.5 Å². The average molecular weight is 358 g/mol. The third-order valence-electron chi connectivity index (χ3n) is 3.72. The van der Waals surface area contributed by atoms with Gasteiger partial charge in [0.1, 0.15) is 0 Å². The number of hydrogen-bond acceptors (Lipinski definition) is 3. The predicted octanol–water partition coefficient (Wildman–Crippen LogP) is 1.66. The first-order chi connectivity index (χ1) is 10.7. The first-order valence-corrected chi connectivity index (χ1v) is 9.20. The lowest BCUT2D eigenvalue weighted by Gasteiger charge is -2.32. The maximum absolute atomic E-state index is 12.5. The minimum absolute atomic E-state index is 0.0907. The second-order valence-electron chi connectivity index (χ2n) is 5.47. The summed E-state index contributed by atoms with van der Waals surface area (Å²) < 4.78 is 60.7. The lowest BCUT2D eigenvalue weighted by atomic mass is 10.1. The first-order valence-electron chi connectivity index (χ1n) is 7.76. The molecule has 0 saturated carbocycles. The van der Waals surface area contributed by atoms with Gasteiger partial charge in [-0.05, 0) is 19.3 Å². The minimum Gasteiger partial charge on any atom is -0.356 e. The molecule has 1 aliphatic heterocycles. The highest BCUT2D eigenvalue weighted by Gasteiger charge is 2.50. The molecule has 0 spiro atoms. The number of halogens is 3. The van der Waals surface area contributed by atoms with Crippen LogP contribution in [0.1, 0.15) is 39.0 Å². The third kappa shape index (κ3) is 5.83. The molecule has 0 aromatic rings. The molecule has 0 radical (unpaired) electrons. The van der Waals surface area contributed by atoms with Gasteiger partial charge in [0.2, 0.25) is 0 Å². The van der Waals surface area contributed by atoms with Gasteiger partial charge >= 0.3 is 15.5 Å². The van der Waals surface area contributed by atoms with Crippen LogP contribution in [0.2, 0.25) is 0 Å². The van der Waals surface area contributed by atoms with Crippen LogP contribution in [0.4, 0.5) is 13.2 Å². The highest BCUT2D eigenvalue weighted by Crippen LogP contribution is 2.28. The van der Waals surface area contributed by atoms with Crippen molar-refractivity contribution in [1.82, 2.24) is 14.9 Å². The smallest absolute Gasteiger partial charge is 0.356 e. The molecule has 0 amide bonds. The SMILES string of the molecule is CCCCCNC(=NC)NC1CCN(S(=O)(=O)C(F)(F)F)CC1. The van der Waals surface area contributed by atoms with Gasteiger partial charge < -0.3 is 10.6 Å². The van der Waals surface area contributed by atoms with E-state index in [2.05, 4.69) is 22.5 Å². The highest BCUT2D eigenvalue weighted by molar-refractivity contribution is 7.90. The van der Waals surface area contributed by atoms with Crippen molar-refractivity contribution < 1.29 is 21.6 Å². The van der Waals surface area contributed by atoms with Crippen molar-refractivity contribution in [2.24, 2.45) is 4.99 Å². The van der Waals surface area contributed by atoms with Crippen molar-refractivity contribution in [3.05, 3.63) is 0 Å². The Labute approximate surface area is 135 Å². The van der Waals surface area contributed by atoms with Crippen LogP contribution in [0.5, 0.6) is 0 Å². The van der Waals surface area contributed by atoms with Crippen LogP contribution in [0.25, 0.3) is 0 Å². The minimum atomic E-state index is -5.23. The Bertz CT molecular complexity index is 486. The molecule has 136 valence electrons. The van der Waals surface area contributed by atoms with Crippen LogP contribution in [0, 0.1) is 0 Å². The summed E-state index contributed by atoms with van der Waals surface area (Å²) in [6.07, 6.45) is 3.85. The maximum atomic E-state index is 12.5. The Morgan fingerprint density at radius 3 is 2.35 bits per heavy atom. The number of unbranched alkanes of at least 4 members (excludes halogenated alkanes) is 2. The van der Waals surface area contributed by atoms with E-state index in [1.807, 2.05) is 0 Å². The molecule has 6 nitrogen and oxygen atoms in total. The van der Waals surface area contributed by atoms with Gasteiger partial charge in [0.15, 0.2) is 5.96 Å². The second kappa shape index (κ2) is 8.72. The zero-order valence-corrected chi connectivity index (χ0v) is 14.3. The van der Waals surface area contributed by atoms with Crippen molar-refractivity contribution in [2.75, 3.05) is 26.7 Å². The van der Waals surface area contributed by atoms with Crippen LogP contribution < -0.4 is 10.6 Å². The molecule has 1 fully saturated rings. The van der Waals surface area contributed by atoms with E-state index in [1.54, 1.807) is 7.05 Å². The van der Waals surface area contributed by atoms with Crippen LogP contribution in [0.15, 0.2) is 4.99 Å². The molecule has 0 aromatic heterocycles. The number of piperidine rings is 1.